The van der Waals surface area contributed by atoms with Crippen LogP contribution in [0.4, 0.5) is 4.79 Å². The summed E-state index contributed by atoms with van der Waals surface area (Å²) in [7, 11) is 1.28. The molecule has 10 heteroatoms. The van der Waals surface area contributed by atoms with E-state index in [2.05, 4.69) is 21.2 Å². The Bertz CT molecular complexity index is 1130. The average Bonchev–Trinajstić information content (AvgIpc) is 2.82. The summed E-state index contributed by atoms with van der Waals surface area (Å²) in [5, 5.41) is 19.6. The van der Waals surface area contributed by atoms with Crippen molar-refractivity contribution in [3.05, 3.63) is 70.4 Å². The number of benzene rings is 2. The molecular formula is C25H30N4O6. The van der Waals surface area contributed by atoms with Crippen LogP contribution in [0.15, 0.2) is 58.8 Å². The van der Waals surface area contributed by atoms with Crippen molar-refractivity contribution in [2.45, 2.75) is 33.0 Å². The molecule has 1 aliphatic heterocycles. The minimum absolute atomic E-state index is 0.0961. The molecule has 0 saturated carbocycles. The number of hydrogen-bond donors (Lipinski definition) is 4. The third kappa shape index (κ3) is 6.73. The van der Waals surface area contributed by atoms with Gasteiger partial charge >= 0.3 is 12.0 Å². The summed E-state index contributed by atoms with van der Waals surface area (Å²) < 4.78 is 16.3. The normalized spacial score (nSPS) is 16.4. The summed E-state index contributed by atoms with van der Waals surface area (Å²) >= 11 is 0. The Morgan fingerprint density at radius 2 is 2.00 bits per heavy atom. The Labute approximate surface area is 204 Å². The third-order valence-corrected chi connectivity index (χ3v) is 5.15. The summed E-state index contributed by atoms with van der Waals surface area (Å²) in [4.78, 5) is 24.4. The Balaban J connectivity index is 1.71. The van der Waals surface area contributed by atoms with Crippen molar-refractivity contribution < 1.29 is 28.9 Å². The van der Waals surface area contributed by atoms with E-state index in [4.69, 9.17) is 14.2 Å². The number of methoxy groups -OCH3 is 1. The standard InChI is InChI=1S/C25H30N4O6/c1-5-34-20-12-18(23-22(24(31)33-4)16(3)27-25(32)28-23)9-10-19(20)35-14-21(30)29-26-13-17-8-6-7-15(2)11-17/h6-13,21,23,29-30H,5,14H2,1-4H3,(H2,27,28,32)/b26-13-/t21-,23+/m1/s1. The van der Waals surface area contributed by atoms with E-state index in [1.165, 1.54) is 7.11 Å². The van der Waals surface area contributed by atoms with Crippen molar-refractivity contribution in [3.63, 3.8) is 0 Å². The van der Waals surface area contributed by atoms with E-state index in [1.807, 2.05) is 38.1 Å². The molecule has 0 unspecified atom stereocenters. The number of carbonyl (C=O) groups is 2. The van der Waals surface area contributed by atoms with E-state index in [-0.39, 0.29) is 12.2 Å². The monoisotopic (exact) mass is 482 g/mol. The van der Waals surface area contributed by atoms with Crippen molar-refractivity contribution in [2.24, 2.45) is 5.10 Å². The summed E-state index contributed by atoms with van der Waals surface area (Å²) in [6.07, 6.45) is 0.545. The molecule has 4 N–H and O–H groups in total. The summed E-state index contributed by atoms with van der Waals surface area (Å²) in [6, 6.07) is 11.7. The molecule has 35 heavy (non-hydrogen) atoms. The zero-order valence-electron chi connectivity index (χ0n) is 20.1. The van der Waals surface area contributed by atoms with Gasteiger partial charge in [0.05, 0.1) is 31.5 Å². The van der Waals surface area contributed by atoms with E-state index in [9.17, 15) is 14.7 Å². The van der Waals surface area contributed by atoms with Crippen LogP contribution in [0.2, 0.25) is 0 Å². The first-order chi connectivity index (χ1) is 16.8. The van der Waals surface area contributed by atoms with E-state index in [0.717, 1.165) is 11.1 Å². The van der Waals surface area contributed by atoms with Gasteiger partial charge in [0.25, 0.3) is 0 Å². The van der Waals surface area contributed by atoms with Gasteiger partial charge in [-0.05, 0) is 44.0 Å². The predicted molar refractivity (Wildman–Crippen MR) is 130 cm³/mol. The van der Waals surface area contributed by atoms with E-state index >= 15 is 0 Å². The second-order valence-corrected chi connectivity index (χ2v) is 7.83. The molecule has 0 bridgehead atoms. The fraction of sp³-hybridized carbons (Fsp3) is 0.320. The molecule has 0 radical (unpaired) electrons. The molecule has 1 aliphatic rings. The minimum Gasteiger partial charge on any atom is -0.490 e. The highest BCUT2D eigenvalue weighted by atomic mass is 16.5. The second kappa shape index (κ2) is 11.9. The zero-order valence-corrected chi connectivity index (χ0v) is 20.1. The van der Waals surface area contributed by atoms with Gasteiger partial charge in [0.15, 0.2) is 17.7 Å². The van der Waals surface area contributed by atoms with Crippen molar-refractivity contribution in [2.75, 3.05) is 20.3 Å². The molecular weight excluding hydrogens is 452 g/mol. The lowest BCUT2D eigenvalue weighted by atomic mass is 9.95. The number of aliphatic hydroxyl groups excluding tert-OH is 1. The first-order valence-corrected chi connectivity index (χ1v) is 11.1. The number of aryl methyl sites for hydroxylation is 1. The van der Waals surface area contributed by atoms with Crippen LogP contribution in [-0.4, -0.2) is 49.9 Å². The SMILES string of the molecule is CCOc1cc([C@@H]2NC(=O)NC(C)=C2C(=O)OC)ccc1OC[C@@H](O)N/N=C\c1cccc(C)c1. The Hall–Kier alpha value is -4.05. The molecule has 186 valence electrons. The van der Waals surface area contributed by atoms with Gasteiger partial charge in [-0.3, -0.25) is 5.43 Å². The number of rotatable bonds is 10. The van der Waals surface area contributed by atoms with Crippen LogP contribution >= 0.6 is 0 Å². The van der Waals surface area contributed by atoms with Crippen LogP contribution < -0.4 is 25.5 Å². The number of allylic oxidation sites excluding steroid dienone is 1. The van der Waals surface area contributed by atoms with Gasteiger partial charge in [0.2, 0.25) is 0 Å². The van der Waals surface area contributed by atoms with E-state index in [0.29, 0.717) is 29.4 Å². The van der Waals surface area contributed by atoms with Gasteiger partial charge in [0, 0.05) is 5.70 Å². The van der Waals surface area contributed by atoms with E-state index < -0.39 is 24.3 Å². The molecule has 2 amide bonds. The highest BCUT2D eigenvalue weighted by Crippen LogP contribution is 2.34. The van der Waals surface area contributed by atoms with Gasteiger partial charge in [-0.15, -0.1) is 0 Å². The number of nitrogens with one attached hydrogen (secondary N) is 3. The molecule has 0 aromatic heterocycles. The lowest BCUT2D eigenvalue weighted by Crippen LogP contribution is -2.45. The molecule has 2 aromatic carbocycles. The maximum absolute atomic E-state index is 12.3. The van der Waals surface area contributed by atoms with Gasteiger partial charge in [-0.25, -0.2) is 9.59 Å². The van der Waals surface area contributed by atoms with Gasteiger partial charge in [-0.1, -0.05) is 35.9 Å². The fourth-order valence-corrected chi connectivity index (χ4v) is 3.57. The van der Waals surface area contributed by atoms with Crippen LogP contribution in [0, 0.1) is 6.92 Å². The van der Waals surface area contributed by atoms with Gasteiger partial charge < -0.3 is 30.0 Å². The number of nitrogens with zero attached hydrogens (tertiary/aromatic N) is 1. The van der Waals surface area contributed by atoms with Crippen molar-refractivity contribution in [1.29, 1.82) is 0 Å². The molecule has 0 saturated heterocycles. The minimum atomic E-state index is -1.06. The lowest BCUT2D eigenvalue weighted by molar-refractivity contribution is -0.136. The smallest absolute Gasteiger partial charge is 0.337 e. The van der Waals surface area contributed by atoms with Crippen LogP contribution in [0.25, 0.3) is 0 Å². The Morgan fingerprint density at radius 1 is 1.20 bits per heavy atom. The molecule has 2 aromatic rings. The maximum Gasteiger partial charge on any atom is 0.337 e. The van der Waals surface area contributed by atoms with E-state index in [1.54, 1.807) is 31.3 Å². The third-order valence-electron chi connectivity index (χ3n) is 5.15. The highest BCUT2D eigenvalue weighted by molar-refractivity contribution is 5.95. The average molecular weight is 483 g/mol. The van der Waals surface area contributed by atoms with Crippen LogP contribution in [0.1, 0.15) is 36.6 Å². The summed E-state index contributed by atoms with van der Waals surface area (Å²) in [5.41, 5.74) is 5.93. The first kappa shape index (κ1) is 25.6. The number of amides is 2. The number of esters is 1. The fourth-order valence-electron chi connectivity index (χ4n) is 3.57. The van der Waals surface area contributed by atoms with Crippen molar-refractivity contribution >= 4 is 18.2 Å². The molecule has 1 heterocycles. The molecule has 0 spiro atoms. The Morgan fingerprint density at radius 3 is 2.71 bits per heavy atom. The Kier molecular flexibility index (Phi) is 8.69. The van der Waals surface area contributed by atoms with Crippen LogP contribution in [-0.2, 0) is 9.53 Å². The van der Waals surface area contributed by atoms with Gasteiger partial charge in [-0.2, -0.15) is 5.10 Å². The lowest BCUT2D eigenvalue weighted by Gasteiger charge is -2.28. The number of ether oxygens (including phenoxy) is 3. The first-order valence-electron chi connectivity index (χ1n) is 11.1. The summed E-state index contributed by atoms with van der Waals surface area (Å²) in [6.45, 7) is 5.71. The number of hydrogen-bond acceptors (Lipinski definition) is 8. The van der Waals surface area contributed by atoms with Crippen molar-refractivity contribution in [1.82, 2.24) is 16.1 Å². The molecule has 0 aliphatic carbocycles. The zero-order chi connectivity index (χ0) is 25.4. The maximum atomic E-state index is 12.3. The number of urea groups is 1. The number of carbonyl (C=O) groups excluding carboxylic acids is 2. The quantitative estimate of drug-likeness (QED) is 0.177. The van der Waals surface area contributed by atoms with Gasteiger partial charge in [0.1, 0.15) is 6.61 Å². The molecule has 0 fully saturated rings. The number of aliphatic hydroxyl groups is 1. The number of hydrazone groups is 1. The second-order valence-electron chi connectivity index (χ2n) is 7.83. The molecule has 3 rings (SSSR count). The topological polar surface area (TPSA) is 131 Å². The highest BCUT2D eigenvalue weighted by Gasteiger charge is 2.32. The molecule has 2 atom stereocenters. The van der Waals surface area contributed by atoms with Crippen LogP contribution in [0.5, 0.6) is 11.5 Å². The summed E-state index contributed by atoms with van der Waals surface area (Å²) in [5.74, 6) is 0.230. The predicted octanol–water partition coefficient (Wildman–Crippen LogP) is 2.52. The largest absolute Gasteiger partial charge is 0.490 e. The van der Waals surface area contributed by atoms with Crippen molar-refractivity contribution in [3.8, 4) is 11.5 Å². The molecule has 10 nitrogen and oxygen atoms in total. The van der Waals surface area contributed by atoms with Crippen LogP contribution in [0.3, 0.4) is 0 Å².